The Morgan fingerprint density at radius 1 is 0.917 bits per heavy atom. The molecule has 0 saturated heterocycles. The van der Waals surface area contributed by atoms with Gasteiger partial charge in [0.25, 0.3) is 0 Å². The summed E-state index contributed by atoms with van der Waals surface area (Å²) in [6.45, 7) is 15.4. The van der Waals surface area contributed by atoms with Gasteiger partial charge in [0.1, 0.15) is 18.9 Å². The number of carbonyl (C=O) groups is 3. The lowest BCUT2D eigenvalue weighted by Gasteiger charge is -2.34. The molecule has 0 radical (unpaired) electrons. The number of benzene rings is 2. The van der Waals surface area contributed by atoms with E-state index in [-0.39, 0.29) is 36.8 Å². The fraction of sp³-hybridized carbons (Fsp3) is 0.500. The van der Waals surface area contributed by atoms with Gasteiger partial charge in [-0.2, -0.15) is 0 Å². The van der Waals surface area contributed by atoms with E-state index in [4.69, 9.17) is 9.84 Å². The fourth-order valence-corrected chi connectivity index (χ4v) is 4.52. The van der Waals surface area contributed by atoms with Gasteiger partial charge in [0.05, 0.1) is 0 Å². The molecule has 0 unspecified atom stereocenters. The Morgan fingerprint density at radius 3 is 1.92 bits per heavy atom. The lowest BCUT2D eigenvalue weighted by atomic mass is 9.70. The van der Waals surface area contributed by atoms with E-state index in [2.05, 4.69) is 38.1 Å². The SMILES string of the molecule is CCC(CC)(c1ccc(CN(CC(=O)O)C(C)=O)c(C)c1)c1ccc(OCC(=O)C(C)(C)C)c(C)c1. The normalized spacial score (nSPS) is 11.8. The first-order valence-corrected chi connectivity index (χ1v) is 12.6. The molecule has 1 N–H and O–H groups in total. The van der Waals surface area contributed by atoms with Gasteiger partial charge in [-0.25, -0.2) is 0 Å². The van der Waals surface area contributed by atoms with Crippen LogP contribution in [0.3, 0.4) is 0 Å². The fourth-order valence-electron chi connectivity index (χ4n) is 4.52. The zero-order valence-electron chi connectivity index (χ0n) is 23.0. The van der Waals surface area contributed by atoms with Crippen molar-refractivity contribution in [3.63, 3.8) is 0 Å². The van der Waals surface area contributed by atoms with Crippen LogP contribution in [0.2, 0.25) is 0 Å². The average Bonchev–Trinajstić information content (AvgIpc) is 2.79. The van der Waals surface area contributed by atoms with E-state index < -0.39 is 11.4 Å². The highest BCUT2D eigenvalue weighted by molar-refractivity contribution is 5.85. The van der Waals surface area contributed by atoms with Gasteiger partial charge in [0, 0.05) is 24.3 Å². The number of Topliss-reactive ketones (excluding diaryl/α,β-unsaturated/α-hetero) is 1. The van der Waals surface area contributed by atoms with E-state index in [1.807, 2.05) is 46.8 Å². The summed E-state index contributed by atoms with van der Waals surface area (Å²) in [5, 5.41) is 9.14. The number of nitrogens with zero attached hydrogens (tertiary/aromatic N) is 1. The van der Waals surface area contributed by atoms with Crippen LogP contribution in [0.15, 0.2) is 36.4 Å². The molecule has 196 valence electrons. The van der Waals surface area contributed by atoms with Crippen molar-refractivity contribution in [2.75, 3.05) is 13.2 Å². The number of ether oxygens (including phenoxy) is 1. The molecule has 2 aromatic carbocycles. The first kappa shape index (κ1) is 29.1. The van der Waals surface area contributed by atoms with Crippen LogP contribution in [0.4, 0.5) is 0 Å². The first-order valence-electron chi connectivity index (χ1n) is 12.6. The quantitative estimate of drug-likeness (QED) is 0.424. The molecule has 0 spiro atoms. The highest BCUT2D eigenvalue weighted by atomic mass is 16.5. The molecule has 2 rings (SSSR count). The van der Waals surface area contributed by atoms with Crippen LogP contribution in [-0.2, 0) is 26.3 Å². The molecule has 0 aliphatic carbocycles. The standard InChI is InChI=1S/C30H41NO5/c1-9-30(10-2,25-13-14-26(21(4)16-25)36-19-27(33)29(6,7)8)24-12-11-23(20(3)15-24)17-31(22(5)32)18-28(34)35/h11-16H,9-10,17-19H2,1-8H3,(H,34,35). The predicted molar refractivity (Wildman–Crippen MR) is 142 cm³/mol. The number of carboxylic acids is 1. The summed E-state index contributed by atoms with van der Waals surface area (Å²) in [6, 6.07) is 12.4. The minimum atomic E-state index is -1.03. The maximum atomic E-state index is 12.3. The molecule has 0 saturated carbocycles. The third kappa shape index (κ3) is 6.74. The molecule has 6 heteroatoms. The molecule has 0 aliphatic rings. The molecule has 6 nitrogen and oxygen atoms in total. The smallest absolute Gasteiger partial charge is 0.323 e. The summed E-state index contributed by atoms with van der Waals surface area (Å²) in [5.74, 6) is -0.517. The summed E-state index contributed by atoms with van der Waals surface area (Å²) < 4.78 is 5.86. The Balaban J connectivity index is 2.37. The molecule has 0 heterocycles. The lowest BCUT2D eigenvalue weighted by Crippen LogP contribution is -2.33. The van der Waals surface area contributed by atoms with Crippen molar-refractivity contribution in [1.82, 2.24) is 4.90 Å². The van der Waals surface area contributed by atoms with Gasteiger partial charge >= 0.3 is 5.97 Å². The van der Waals surface area contributed by atoms with E-state index in [1.165, 1.54) is 23.0 Å². The van der Waals surface area contributed by atoms with Crippen LogP contribution < -0.4 is 4.74 Å². The van der Waals surface area contributed by atoms with Crippen molar-refractivity contribution in [2.45, 2.75) is 80.2 Å². The predicted octanol–water partition coefficient (Wildman–Crippen LogP) is 5.84. The van der Waals surface area contributed by atoms with Crippen molar-refractivity contribution < 1.29 is 24.2 Å². The number of hydrogen-bond acceptors (Lipinski definition) is 4. The Kier molecular flexibility index (Phi) is 9.47. The molecule has 0 aliphatic heterocycles. The van der Waals surface area contributed by atoms with Crippen LogP contribution >= 0.6 is 0 Å². The zero-order chi connectivity index (χ0) is 27.3. The Morgan fingerprint density at radius 2 is 1.47 bits per heavy atom. The molecule has 2 aromatic rings. The van der Waals surface area contributed by atoms with E-state index in [0.29, 0.717) is 5.75 Å². The average molecular weight is 496 g/mol. The maximum absolute atomic E-state index is 12.3. The van der Waals surface area contributed by atoms with Gasteiger partial charge in [0.2, 0.25) is 5.91 Å². The number of hydrogen-bond donors (Lipinski definition) is 1. The second kappa shape index (κ2) is 11.7. The number of aryl methyl sites for hydroxylation is 2. The molecule has 0 atom stereocenters. The van der Waals surface area contributed by atoms with Gasteiger partial charge in [-0.05, 0) is 60.6 Å². The largest absolute Gasteiger partial charge is 0.486 e. The Hall–Kier alpha value is -3.15. The van der Waals surface area contributed by atoms with Crippen LogP contribution in [-0.4, -0.2) is 40.8 Å². The monoisotopic (exact) mass is 495 g/mol. The molecule has 1 amide bonds. The van der Waals surface area contributed by atoms with Crippen molar-refractivity contribution in [3.8, 4) is 5.75 Å². The van der Waals surface area contributed by atoms with E-state index >= 15 is 0 Å². The number of rotatable bonds is 11. The Bertz CT molecular complexity index is 1110. The van der Waals surface area contributed by atoms with Gasteiger partial charge in [-0.3, -0.25) is 14.4 Å². The Labute approximate surface area is 215 Å². The number of ketones is 1. The summed E-state index contributed by atoms with van der Waals surface area (Å²) in [4.78, 5) is 36.7. The topological polar surface area (TPSA) is 83.9 Å². The highest BCUT2D eigenvalue weighted by Gasteiger charge is 2.32. The molecule has 0 fully saturated rings. The summed E-state index contributed by atoms with van der Waals surface area (Å²) in [7, 11) is 0. The highest BCUT2D eigenvalue weighted by Crippen LogP contribution is 2.41. The van der Waals surface area contributed by atoms with Crippen LogP contribution in [0, 0.1) is 19.3 Å². The van der Waals surface area contributed by atoms with Gasteiger partial charge in [-0.1, -0.05) is 65.0 Å². The second-order valence-corrected chi connectivity index (χ2v) is 10.6. The van der Waals surface area contributed by atoms with Gasteiger partial charge in [-0.15, -0.1) is 0 Å². The lowest BCUT2D eigenvalue weighted by molar-refractivity contribution is -0.144. The number of carboxylic acid groups (broad SMARTS) is 1. The van der Waals surface area contributed by atoms with Gasteiger partial charge in [0.15, 0.2) is 5.78 Å². The molecular weight excluding hydrogens is 454 g/mol. The van der Waals surface area contributed by atoms with Crippen molar-refractivity contribution in [1.29, 1.82) is 0 Å². The summed E-state index contributed by atoms with van der Waals surface area (Å²) in [5.41, 5.74) is 4.65. The van der Waals surface area contributed by atoms with Gasteiger partial charge < -0.3 is 14.7 Å². The van der Waals surface area contributed by atoms with Crippen molar-refractivity contribution in [2.24, 2.45) is 5.41 Å². The first-order chi connectivity index (χ1) is 16.7. The minimum absolute atomic E-state index is 0.0518. The summed E-state index contributed by atoms with van der Waals surface area (Å²) in [6.07, 6.45) is 1.78. The van der Waals surface area contributed by atoms with Crippen molar-refractivity contribution in [3.05, 3.63) is 64.2 Å². The molecule has 0 aromatic heterocycles. The van der Waals surface area contributed by atoms with E-state index in [0.717, 1.165) is 29.5 Å². The third-order valence-electron chi connectivity index (χ3n) is 7.16. The molecular formula is C30H41NO5. The third-order valence-corrected chi connectivity index (χ3v) is 7.16. The second-order valence-electron chi connectivity index (χ2n) is 10.6. The van der Waals surface area contributed by atoms with Crippen molar-refractivity contribution >= 4 is 17.7 Å². The van der Waals surface area contributed by atoms with Crippen LogP contribution in [0.5, 0.6) is 5.75 Å². The summed E-state index contributed by atoms with van der Waals surface area (Å²) >= 11 is 0. The number of aliphatic carboxylic acids is 1. The minimum Gasteiger partial charge on any atom is -0.486 e. The van der Waals surface area contributed by atoms with Crippen LogP contribution in [0.25, 0.3) is 0 Å². The zero-order valence-corrected chi connectivity index (χ0v) is 23.0. The number of amides is 1. The van der Waals surface area contributed by atoms with E-state index in [1.54, 1.807) is 0 Å². The molecule has 36 heavy (non-hydrogen) atoms. The maximum Gasteiger partial charge on any atom is 0.323 e. The van der Waals surface area contributed by atoms with Crippen LogP contribution in [0.1, 0.15) is 82.2 Å². The van der Waals surface area contributed by atoms with E-state index in [9.17, 15) is 14.4 Å². The molecule has 0 bridgehead atoms. The number of carbonyl (C=O) groups excluding carboxylic acids is 2.